The molecule has 1 fully saturated rings. The Hall–Kier alpha value is -2.11. The maximum atomic E-state index is 11.7. The lowest BCUT2D eigenvalue weighted by atomic mass is 10.2. The van der Waals surface area contributed by atoms with Crippen molar-refractivity contribution in [2.75, 3.05) is 6.54 Å². The van der Waals surface area contributed by atoms with Gasteiger partial charge in [0.05, 0.1) is 0 Å². The SMILES string of the molecule is O=C1CCC(CNC(=O)c2cc[nH]c(=O)c2)N1. The van der Waals surface area contributed by atoms with Gasteiger partial charge in [-0.05, 0) is 12.5 Å². The molecule has 0 aromatic carbocycles. The first-order valence-electron chi connectivity index (χ1n) is 5.41. The summed E-state index contributed by atoms with van der Waals surface area (Å²) in [5.74, 6) is -0.294. The van der Waals surface area contributed by atoms with E-state index in [1.54, 1.807) is 0 Å². The van der Waals surface area contributed by atoms with Crippen molar-refractivity contribution in [3.8, 4) is 0 Å². The van der Waals surface area contributed by atoms with Crippen molar-refractivity contribution in [2.24, 2.45) is 0 Å². The highest BCUT2D eigenvalue weighted by atomic mass is 16.2. The van der Waals surface area contributed by atoms with Crippen LogP contribution in [0.15, 0.2) is 23.1 Å². The minimum Gasteiger partial charge on any atom is -0.352 e. The molecule has 2 rings (SSSR count). The third-order valence-corrected chi connectivity index (χ3v) is 2.63. The number of hydrogen-bond acceptors (Lipinski definition) is 3. The zero-order chi connectivity index (χ0) is 12.3. The minimum absolute atomic E-state index is 0.00607. The van der Waals surface area contributed by atoms with Crippen LogP contribution in [0.2, 0.25) is 0 Å². The van der Waals surface area contributed by atoms with Gasteiger partial charge in [-0.2, -0.15) is 0 Å². The summed E-state index contributed by atoms with van der Waals surface area (Å²) in [5, 5.41) is 5.43. The van der Waals surface area contributed by atoms with Crippen LogP contribution in [0.4, 0.5) is 0 Å². The van der Waals surface area contributed by atoms with E-state index in [1.165, 1.54) is 18.3 Å². The van der Waals surface area contributed by atoms with Gasteiger partial charge in [-0.15, -0.1) is 0 Å². The van der Waals surface area contributed by atoms with Gasteiger partial charge in [0, 0.05) is 36.8 Å². The van der Waals surface area contributed by atoms with Gasteiger partial charge in [-0.3, -0.25) is 14.4 Å². The lowest BCUT2D eigenvalue weighted by Crippen LogP contribution is -2.38. The van der Waals surface area contributed by atoms with Gasteiger partial charge >= 0.3 is 0 Å². The van der Waals surface area contributed by atoms with E-state index >= 15 is 0 Å². The number of hydrogen-bond donors (Lipinski definition) is 3. The fourth-order valence-electron chi connectivity index (χ4n) is 1.73. The molecule has 0 spiro atoms. The van der Waals surface area contributed by atoms with Gasteiger partial charge in [-0.1, -0.05) is 0 Å². The molecule has 2 heterocycles. The van der Waals surface area contributed by atoms with Crippen molar-refractivity contribution in [2.45, 2.75) is 18.9 Å². The van der Waals surface area contributed by atoms with Crippen LogP contribution in [0.1, 0.15) is 23.2 Å². The summed E-state index contributed by atoms with van der Waals surface area (Å²) < 4.78 is 0. The van der Waals surface area contributed by atoms with Crippen LogP contribution in [0, 0.1) is 0 Å². The average Bonchev–Trinajstić information content (AvgIpc) is 2.72. The highest BCUT2D eigenvalue weighted by Crippen LogP contribution is 2.05. The maximum Gasteiger partial charge on any atom is 0.251 e. The zero-order valence-electron chi connectivity index (χ0n) is 9.16. The first-order valence-corrected chi connectivity index (χ1v) is 5.41. The summed E-state index contributed by atoms with van der Waals surface area (Å²) >= 11 is 0. The van der Waals surface area contributed by atoms with Crippen LogP contribution < -0.4 is 16.2 Å². The molecule has 2 amide bonds. The summed E-state index contributed by atoms with van der Waals surface area (Å²) in [7, 11) is 0. The number of H-pyrrole nitrogens is 1. The third kappa shape index (κ3) is 2.93. The van der Waals surface area contributed by atoms with E-state index in [0.717, 1.165) is 6.42 Å². The molecule has 1 aromatic rings. The van der Waals surface area contributed by atoms with E-state index in [0.29, 0.717) is 18.5 Å². The van der Waals surface area contributed by atoms with Gasteiger partial charge in [0.2, 0.25) is 11.5 Å². The molecular formula is C11H13N3O3. The molecule has 6 nitrogen and oxygen atoms in total. The lowest BCUT2D eigenvalue weighted by molar-refractivity contribution is -0.119. The Morgan fingerprint density at radius 3 is 2.94 bits per heavy atom. The van der Waals surface area contributed by atoms with Gasteiger partial charge in [0.1, 0.15) is 0 Å². The Bertz CT molecular complexity index is 495. The standard InChI is InChI=1S/C11H13N3O3/c15-9-2-1-8(14-9)6-13-11(17)7-3-4-12-10(16)5-7/h3-5,8H,1-2,6H2,(H,12,16)(H,13,17)(H,14,15). The van der Waals surface area contributed by atoms with Crippen LogP contribution in [0.25, 0.3) is 0 Å². The van der Waals surface area contributed by atoms with E-state index in [1.807, 2.05) is 0 Å². The van der Waals surface area contributed by atoms with E-state index in [9.17, 15) is 14.4 Å². The normalized spacial score (nSPS) is 18.8. The summed E-state index contributed by atoms with van der Waals surface area (Å²) in [5.41, 5.74) is 0.00453. The van der Waals surface area contributed by atoms with E-state index < -0.39 is 0 Å². The Kier molecular flexibility index (Phi) is 3.22. The van der Waals surface area contributed by atoms with Gasteiger partial charge in [-0.25, -0.2) is 0 Å². The van der Waals surface area contributed by atoms with Crippen LogP contribution in [-0.2, 0) is 4.79 Å². The number of nitrogens with one attached hydrogen (secondary N) is 3. The number of aromatic amines is 1. The predicted molar refractivity (Wildman–Crippen MR) is 60.6 cm³/mol. The third-order valence-electron chi connectivity index (χ3n) is 2.63. The van der Waals surface area contributed by atoms with Gasteiger partial charge in [0.25, 0.3) is 5.91 Å². The van der Waals surface area contributed by atoms with E-state index in [4.69, 9.17) is 0 Å². The number of carbonyl (C=O) groups excluding carboxylic acids is 2. The molecule has 1 aliphatic rings. The molecular weight excluding hydrogens is 222 g/mol. The van der Waals surface area contributed by atoms with Crippen molar-refractivity contribution < 1.29 is 9.59 Å². The van der Waals surface area contributed by atoms with Crippen molar-refractivity contribution in [3.05, 3.63) is 34.2 Å². The number of pyridine rings is 1. The second kappa shape index (κ2) is 4.82. The van der Waals surface area contributed by atoms with E-state index in [2.05, 4.69) is 15.6 Å². The van der Waals surface area contributed by atoms with Crippen molar-refractivity contribution in [3.63, 3.8) is 0 Å². The topological polar surface area (TPSA) is 91.1 Å². The Balaban J connectivity index is 1.89. The monoisotopic (exact) mass is 235 g/mol. The fraction of sp³-hybridized carbons (Fsp3) is 0.364. The molecule has 17 heavy (non-hydrogen) atoms. The molecule has 3 N–H and O–H groups in total. The Labute approximate surface area is 97.4 Å². The molecule has 0 saturated carbocycles. The molecule has 0 aliphatic carbocycles. The average molecular weight is 235 g/mol. The number of rotatable bonds is 3. The van der Waals surface area contributed by atoms with Crippen molar-refractivity contribution in [1.82, 2.24) is 15.6 Å². The molecule has 1 aliphatic heterocycles. The fourth-order valence-corrected chi connectivity index (χ4v) is 1.73. The Morgan fingerprint density at radius 1 is 1.47 bits per heavy atom. The van der Waals surface area contributed by atoms with Crippen LogP contribution in [0.5, 0.6) is 0 Å². The highest BCUT2D eigenvalue weighted by Gasteiger charge is 2.21. The predicted octanol–water partition coefficient (Wildman–Crippen LogP) is -0.617. The van der Waals surface area contributed by atoms with Crippen LogP contribution in [0.3, 0.4) is 0 Å². The summed E-state index contributed by atoms with van der Waals surface area (Å²) in [6, 6.07) is 2.76. The number of carbonyl (C=O) groups is 2. The first-order chi connectivity index (χ1) is 8.15. The van der Waals surface area contributed by atoms with E-state index in [-0.39, 0.29) is 23.4 Å². The smallest absolute Gasteiger partial charge is 0.251 e. The molecule has 6 heteroatoms. The molecule has 1 saturated heterocycles. The molecule has 1 aromatic heterocycles. The zero-order valence-corrected chi connectivity index (χ0v) is 9.16. The van der Waals surface area contributed by atoms with Crippen molar-refractivity contribution >= 4 is 11.8 Å². The largest absolute Gasteiger partial charge is 0.352 e. The quantitative estimate of drug-likeness (QED) is 0.652. The molecule has 1 unspecified atom stereocenters. The second-order valence-electron chi connectivity index (χ2n) is 3.95. The minimum atomic E-state index is -0.313. The summed E-state index contributed by atoms with van der Waals surface area (Å²) in [4.78, 5) is 36.0. The van der Waals surface area contributed by atoms with Crippen LogP contribution >= 0.6 is 0 Å². The number of amides is 2. The first kappa shape index (κ1) is 11.4. The molecule has 90 valence electrons. The van der Waals surface area contributed by atoms with Crippen LogP contribution in [-0.4, -0.2) is 29.4 Å². The van der Waals surface area contributed by atoms with Gasteiger partial charge in [0.15, 0.2) is 0 Å². The summed E-state index contributed by atoms with van der Waals surface area (Å²) in [6.45, 7) is 0.386. The Morgan fingerprint density at radius 2 is 2.29 bits per heavy atom. The second-order valence-corrected chi connectivity index (χ2v) is 3.95. The summed E-state index contributed by atoms with van der Waals surface area (Å²) in [6.07, 6.45) is 2.66. The van der Waals surface area contributed by atoms with Crippen molar-refractivity contribution in [1.29, 1.82) is 0 Å². The maximum absolute atomic E-state index is 11.7. The molecule has 1 atom stereocenters. The molecule has 0 bridgehead atoms. The molecule has 0 radical (unpaired) electrons. The lowest BCUT2D eigenvalue weighted by Gasteiger charge is -2.10. The highest BCUT2D eigenvalue weighted by molar-refractivity contribution is 5.94. The van der Waals surface area contributed by atoms with Gasteiger partial charge < -0.3 is 15.6 Å². The number of aromatic nitrogens is 1.